The number of nitrogens with zero attached hydrogens (tertiary/aromatic N) is 4. The van der Waals surface area contributed by atoms with E-state index in [2.05, 4.69) is 103 Å². The highest BCUT2D eigenvalue weighted by Gasteiger charge is 2.23. The zero-order valence-corrected chi connectivity index (χ0v) is 30.7. The van der Waals surface area contributed by atoms with E-state index in [-0.39, 0.29) is 0 Å². The Labute approximate surface area is 329 Å². The molecule has 266 valence electrons. The Balaban J connectivity index is 1.28. The van der Waals surface area contributed by atoms with Crippen LogP contribution in [0.1, 0.15) is 5.56 Å². The van der Waals surface area contributed by atoms with Crippen LogP contribution in [0.25, 0.3) is 101 Å². The van der Waals surface area contributed by atoms with E-state index >= 15 is 0 Å². The maximum atomic E-state index is 9.42. The molecule has 5 heteroatoms. The maximum absolute atomic E-state index is 9.42. The molecule has 57 heavy (non-hydrogen) atoms. The molecule has 0 unspecified atom stereocenters. The van der Waals surface area contributed by atoms with Crippen LogP contribution < -0.4 is 0 Å². The molecule has 2 aromatic heterocycles. The van der Waals surface area contributed by atoms with Crippen molar-refractivity contribution in [1.82, 2.24) is 15.0 Å². The summed E-state index contributed by atoms with van der Waals surface area (Å²) in [4.78, 5) is 15.2. The number of furan rings is 1. The van der Waals surface area contributed by atoms with Gasteiger partial charge in [-0.1, -0.05) is 158 Å². The molecule has 2 heterocycles. The summed E-state index contributed by atoms with van der Waals surface area (Å²) in [5.74, 6) is 1.69. The third-order valence-corrected chi connectivity index (χ3v) is 10.4. The monoisotopic (exact) mass is 728 g/mol. The topological polar surface area (TPSA) is 75.6 Å². The molecule has 10 aromatic rings. The number of rotatable bonds is 7. The Morgan fingerprint density at radius 2 is 0.860 bits per heavy atom. The first kappa shape index (κ1) is 33.6. The summed E-state index contributed by atoms with van der Waals surface area (Å²) in [6.45, 7) is 0. The van der Waals surface area contributed by atoms with Crippen LogP contribution in [-0.4, -0.2) is 15.0 Å². The summed E-state index contributed by atoms with van der Waals surface area (Å²) in [6, 6.07) is 68.1. The molecule has 0 saturated heterocycles. The van der Waals surface area contributed by atoms with Crippen molar-refractivity contribution in [1.29, 1.82) is 5.26 Å². The van der Waals surface area contributed by atoms with E-state index in [0.717, 1.165) is 77.6 Å². The fourth-order valence-electron chi connectivity index (χ4n) is 7.56. The van der Waals surface area contributed by atoms with E-state index in [1.807, 2.05) is 97.1 Å². The average Bonchev–Trinajstić information content (AvgIpc) is 3.69. The summed E-state index contributed by atoms with van der Waals surface area (Å²) in [5, 5.41) is 11.4. The van der Waals surface area contributed by atoms with Gasteiger partial charge >= 0.3 is 0 Å². The number of fused-ring (bicyclic) bond motifs is 3. The van der Waals surface area contributed by atoms with Gasteiger partial charge in [0.25, 0.3) is 0 Å². The van der Waals surface area contributed by atoms with Gasteiger partial charge < -0.3 is 4.42 Å². The molecule has 0 radical (unpaired) electrons. The Hall–Kier alpha value is -7.94. The van der Waals surface area contributed by atoms with E-state index in [1.54, 1.807) is 0 Å². The zero-order chi connectivity index (χ0) is 38.1. The summed E-state index contributed by atoms with van der Waals surface area (Å²) in [5.41, 5.74) is 13.1. The second-order valence-electron chi connectivity index (χ2n) is 13.9. The minimum Gasteiger partial charge on any atom is -0.455 e. The third kappa shape index (κ3) is 6.32. The lowest BCUT2D eigenvalue weighted by molar-refractivity contribution is 0.670. The first-order valence-electron chi connectivity index (χ1n) is 18.8. The normalized spacial score (nSPS) is 11.1. The lowest BCUT2D eigenvalue weighted by Gasteiger charge is -2.12. The molecule has 0 amide bonds. The zero-order valence-electron chi connectivity index (χ0n) is 30.7. The van der Waals surface area contributed by atoms with Crippen molar-refractivity contribution in [2.75, 3.05) is 0 Å². The SMILES string of the molecule is N#Cc1ccc(-c2cccc(-c3ccc(-c4nc(-c5ccccc5)nc(-c5ccccc5)n4)c4oc5c(-c6ccccc6)cc(-c6ccccc6)cc5c34)c2)cc1. The van der Waals surface area contributed by atoms with E-state index < -0.39 is 0 Å². The summed E-state index contributed by atoms with van der Waals surface area (Å²) < 4.78 is 7.18. The highest BCUT2D eigenvalue weighted by atomic mass is 16.3. The van der Waals surface area contributed by atoms with Gasteiger partial charge in [0.15, 0.2) is 17.5 Å². The maximum Gasteiger partial charge on any atom is 0.167 e. The van der Waals surface area contributed by atoms with Crippen molar-refractivity contribution in [3.8, 4) is 84.7 Å². The Bertz CT molecular complexity index is 3040. The molecule has 0 aliphatic heterocycles. The van der Waals surface area contributed by atoms with Gasteiger partial charge in [-0.2, -0.15) is 5.26 Å². The van der Waals surface area contributed by atoms with Gasteiger partial charge in [-0.05, 0) is 75.3 Å². The quantitative estimate of drug-likeness (QED) is 0.163. The fourth-order valence-corrected chi connectivity index (χ4v) is 7.56. The molecular weight excluding hydrogens is 697 g/mol. The molecule has 0 spiro atoms. The van der Waals surface area contributed by atoms with Crippen LogP contribution in [0.15, 0.2) is 199 Å². The van der Waals surface area contributed by atoms with Crippen LogP contribution in [0.3, 0.4) is 0 Å². The molecule has 0 aliphatic rings. The third-order valence-electron chi connectivity index (χ3n) is 10.4. The lowest BCUT2D eigenvalue weighted by atomic mass is 9.91. The largest absolute Gasteiger partial charge is 0.455 e. The predicted molar refractivity (Wildman–Crippen MR) is 230 cm³/mol. The smallest absolute Gasteiger partial charge is 0.167 e. The van der Waals surface area contributed by atoms with Crippen LogP contribution in [0.2, 0.25) is 0 Å². The van der Waals surface area contributed by atoms with Gasteiger partial charge in [-0.15, -0.1) is 0 Å². The molecule has 5 nitrogen and oxygen atoms in total. The molecule has 0 fully saturated rings. The molecule has 8 aromatic carbocycles. The van der Waals surface area contributed by atoms with E-state index in [4.69, 9.17) is 19.4 Å². The van der Waals surface area contributed by atoms with Crippen molar-refractivity contribution in [3.63, 3.8) is 0 Å². The molecule has 0 N–H and O–H groups in total. The average molecular weight is 729 g/mol. The van der Waals surface area contributed by atoms with E-state index in [9.17, 15) is 5.26 Å². The number of aromatic nitrogens is 3. The van der Waals surface area contributed by atoms with Crippen LogP contribution >= 0.6 is 0 Å². The second-order valence-corrected chi connectivity index (χ2v) is 13.9. The van der Waals surface area contributed by atoms with Crippen molar-refractivity contribution in [2.24, 2.45) is 0 Å². The van der Waals surface area contributed by atoms with E-state index in [1.165, 1.54) is 0 Å². The second kappa shape index (κ2) is 14.4. The van der Waals surface area contributed by atoms with E-state index in [0.29, 0.717) is 28.6 Å². The van der Waals surface area contributed by atoms with Gasteiger partial charge in [-0.3, -0.25) is 0 Å². The summed E-state index contributed by atoms with van der Waals surface area (Å²) >= 11 is 0. The van der Waals surface area contributed by atoms with Crippen LogP contribution in [0.5, 0.6) is 0 Å². The first-order valence-corrected chi connectivity index (χ1v) is 18.8. The van der Waals surface area contributed by atoms with Crippen molar-refractivity contribution in [2.45, 2.75) is 0 Å². The number of hydrogen-bond acceptors (Lipinski definition) is 5. The summed E-state index contributed by atoms with van der Waals surface area (Å²) in [6.07, 6.45) is 0. The highest BCUT2D eigenvalue weighted by Crippen LogP contribution is 2.46. The van der Waals surface area contributed by atoms with Crippen LogP contribution in [0, 0.1) is 11.3 Å². The molecule has 0 saturated carbocycles. The predicted octanol–water partition coefficient (Wildman–Crippen LogP) is 13.3. The Kier molecular flexibility index (Phi) is 8.48. The van der Waals surface area contributed by atoms with Gasteiger partial charge in [0, 0.05) is 27.5 Å². The molecule has 10 rings (SSSR count). The lowest BCUT2D eigenvalue weighted by Crippen LogP contribution is -2.00. The molecule has 0 aliphatic carbocycles. The van der Waals surface area contributed by atoms with Gasteiger partial charge in [-0.25, -0.2) is 15.0 Å². The Morgan fingerprint density at radius 1 is 0.351 bits per heavy atom. The summed E-state index contributed by atoms with van der Waals surface area (Å²) in [7, 11) is 0. The van der Waals surface area contributed by atoms with Crippen LogP contribution in [-0.2, 0) is 0 Å². The van der Waals surface area contributed by atoms with Crippen molar-refractivity contribution >= 4 is 21.9 Å². The Morgan fingerprint density at radius 3 is 1.47 bits per heavy atom. The van der Waals surface area contributed by atoms with Gasteiger partial charge in [0.2, 0.25) is 0 Å². The number of benzene rings is 8. The molecular formula is C52H32N4O. The van der Waals surface area contributed by atoms with Crippen molar-refractivity contribution < 1.29 is 4.42 Å². The molecule has 0 bridgehead atoms. The van der Waals surface area contributed by atoms with Crippen LogP contribution in [0.4, 0.5) is 0 Å². The molecule has 0 atom stereocenters. The number of nitriles is 1. The minimum absolute atomic E-state index is 0.522. The standard InChI is InChI=1S/C52H32N4O/c53-33-34-24-26-36(27-25-34)40-22-13-23-41(30-40)43-28-29-44(52-55-50(38-18-9-3-10-19-38)54-51(56-52)39-20-11-4-12-21-39)49-47(43)46-32-42(35-14-5-1-6-15-35)31-45(48(46)57-49)37-16-7-2-8-17-37/h1-32H. The highest BCUT2D eigenvalue weighted by molar-refractivity contribution is 6.19. The fraction of sp³-hybridized carbons (Fsp3) is 0. The number of hydrogen-bond donors (Lipinski definition) is 0. The van der Waals surface area contributed by atoms with Gasteiger partial charge in [0.05, 0.1) is 17.2 Å². The first-order chi connectivity index (χ1) is 28.2. The van der Waals surface area contributed by atoms with Gasteiger partial charge in [0.1, 0.15) is 11.2 Å². The minimum atomic E-state index is 0.522. The van der Waals surface area contributed by atoms with Crippen molar-refractivity contribution in [3.05, 3.63) is 200 Å².